The smallest absolute Gasteiger partial charge is 0.311 e. The molecule has 0 aliphatic heterocycles. The van der Waals surface area contributed by atoms with Crippen LogP contribution in [-0.2, 0) is 16.0 Å². The van der Waals surface area contributed by atoms with Crippen molar-refractivity contribution in [1.82, 2.24) is 4.98 Å². The monoisotopic (exact) mass is 292 g/mol. The number of para-hydroxylation sites is 1. The maximum absolute atomic E-state index is 11.1. The molecule has 0 unspecified atom stereocenters. The highest BCUT2D eigenvalue weighted by molar-refractivity contribution is 7.13. The number of hydrogen-bond acceptors (Lipinski definition) is 6. The molecule has 1 aromatic heterocycles. The van der Waals surface area contributed by atoms with Gasteiger partial charge in [-0.3, -0.25) is 4.79 Å². The highest BCUT2D eigenvalue weighted by Crippen LogP contribution is 2.15. The van der Waals surface area contributed by atoms with Crippen molar-refractivity contribution in [3.05, 3.63) is 41.4 Å². The summed E-state index contributed by atoms with van der Waals surface area (Å²) < 4.78 is 10.2. The lowest BCUT2D eigenvalue weighted by molar-refractivity contribution is -0.139. The van der Waals surface area contributed by atoms with Gasteiger partial charge in [-0.1, -0.05) is 18.2 Å². The zero-order valence-corrected chi connectivity index (χ0v) is 12.0. The van der Waals surface area contributed by atoms with Crippen molar-refractivity contribution in [2.45, 2.75) is 6.42 Å². The molecular weight excluding hydrogens is 276 g/mol. The van der Waals surface area contributed by atoms with Gasteiger partial charge in [0.05, 0.1) is 25.8 Å². The largest absolute Gasteiger partial charge is 0.492 e. The Bertz CT molecular complexity index is 542. The first-order chi connectivity index (χ1) is 9.78. The van der Waals surface area contributed by atoms with Crippen molar-refractivity contribution in [3.63, 3.8) is 0 Å². The van der Waals surface area contributed by atoms with Gasteiger partial charge in [0.25, 0.3) is 0 Å². The van der Waals surface area contributed by atoms with Crippen LogP contribution in [0.1, 0.15) is 5.69 Å². The number of nitrogens with zero attached hydrogens (tertiary/aromatic N) is 1. The summed E-state index contributed by atoms with van der Waals surface area (Å²) in [6.45, 7) is 1.20. The number of hydrogen-bond donors (Lipinski definition) is 1. The summed E-state index contributed by atoms with van der Waals surface area (Å²) >= 11 is 1.46. The number of rotatable bonds is 7. The predicted octanol–water partition coefficient (Wildman–Crippen LogP) is 2.35. The molecule has 1 aromatic carbocycles. The molecule has 2 rings (SSSR count). The molecule has 0 spiro atoms. The zero-order chi connectivity index (χ0) is 14.2. The van der Waals surface area contributed by atoms with Gasteiger partial charge in [-0.15, -0.1) is 11.3 Å². The van der Waals surface area contributed by atoms with Crippen molar-refractivity contribution in [3.8, 4) is 5.75 Å². The maximum atomic E-state index is 11.1. The van der Waals surface area contributed by atoms with Crippen molar-refractivity contribution in [2.24, 2.45) is 0 Å². The second-order valence-electron chi connectivity index (χ2n) is 3.99. The second-order valence-corrected chi connectivity index (χ2v) is 4.84. The lowest BCUT2D eigenvalue weighted by atomic mass is 10.3. The van der Waals surface area contributed by atoms with Gasteiger partial charge in [0.1, 0.15) is 12.4 Å². The van der Waals surface area contributed by atoms with Crippen LogP contribution in [-0.4, -0.2) is 31.2 Å². The summed E-state index contributed by atoms with van der Waals surface area (Å²) in [4.78, 5) is 15.4. The Morgan fingerprint density at radius 2 is 2.15 bits per heavy atom. The quantitative estimate of drug-likeness (QED) is 0.627. The fourth-order valence-corrected chi connectivity index (χ4v) is 2.27. The number of benzene rings is 1. The normalized spacial score (nSPS) is 10.1. The highest BCUT2D eigenvalue weighted by atomic mass is 32.1. The minimum Gasteiger partial charge on any atom is -0.492 e. The van der Waals surface area contributed by atoms with Crippen LogP contribution >= 0.6 is 11.3 Å². The third-order valence-corrected chi connectivity index (χ3v) is 3.34. The van der Waals surface area contributed by atoms with E-state index in [-0.39, 0.29) is 12.4 Å². The highest BCUT2D eigenvalue weighted by Gasteiger charge is 2.07. The molecule has 0 radical (unpaired) electrons. The number of ether oxygens (including phenoxy) is 2. The third kappa shape index (κ3) is 4.55. The first-order valence-electron chi connectivity index (χ1n) is 6.21. The molecule has 1 heterocycles. The average Bonchev–Trinajstić information content (AvgIpc) is 2.92. The molecule has 0 aliphatic carbocycles. The first kappa shape index (κ1) is 14.3. The number of esters is 1. The molecule has 0 aliphatic rings. The Morgan fingerprint density at radius 3 is 2.90 bits per heavy atom. The number of methoxy groups -OCH3 is 1. The standard InChI is InChI=1S/C14H16N2O3S/c1-18-13(17)9-11-10-20-14(16-11)15-7-8-19-12-5-3-2-4-6-12/h2-6,10H,7-9H2,1H3,(H,15,16). The van der Waals surface area contributed by atoms with Crippen molar-refractivity contribution in [1.29, 1.82) is 0 Å². The summed E-state index contributed by atoms with van der Waals surface area (Å²) in [7, 11) is 1.37. The summed E-state index contributed by atoms with van der Waals surface area (Å²) in [6, 6.07) is 9.64. The third-order valence-electron chi connectivity index (χ3n) is 2.50. The van der Waals surface area contributed by atoms with Crippen molar-refractivity contribution in [2.75, 3.05) is 25.6 Å². The molecule has 0 fully saturated rings. The van der Waals surface area contributed by atoms with E-state index in [1.54, 1.807) is 0 Å². The summed E-state index contributed by atoms with van der Waals surface area (Å²) in [5.74, 6) is 0.564. The zero-order valence-electron chi connectivity index (χ0n) is 11.2. The van der Waals surface area contributed by atoms with Crippen LogP contribution < -0.4 is 10.1 Å². The van der Waals surface area contributed by atoms with E-state index in [9.17, 15) is 4.79 Å². The van der Waals surface area contributed by atoms with Gasteiger partial charge in [0.15, 0.2) is 5.13 Å². The van der Waals surface area contributed by atoms with Gasteiger partial charge in [0.2, 0.25) is 0 Å². The minimum absolute atomic E-state index is 0.204. The van der Waals surface area contributed by atoms with E-state index in [0.717, 1.165) is 10.9 Å². The molecule has 0 saturated carbocycles. The van der Waals surface area contributed by atoms with E-state index in [4.69, 9.17) is 4.74 Å². The lowest BCUT2D eigenvalue weighted by Crippen LogP contribution is -2.11. The fraction of sp³-hybridized carbons (Fsp3) is 0.286. The molecule has 0 saturated heterocycles. The van der Waals surface area contributed by atoms with E-state index < -0.39 is 0 Å². The minimum atomic E-state index is -0.283. The Hall–Kier alpha value is -2.08. The molecule has 106 valence electrons. The number of carbonyl (C=O) groups is 1. The van der Waals surface area contributed by atoms with Crippen molar-refractivity contribution >= 4 is 22.4 Å². The summed E-state index contributed by atoms with van der Waals surface area (Å²) in [5, 5.41) is 5.78. The summed E-state index contributed by atoms with van der Waals surface area (Å²) in [6.07, 6.45) is 0.204. The Morgan fingerprint density at radius 1 is 1.35 bits per heavy atom. The molecule has 6 heteroatoms. The van der Waals surface area contributed by atoms with E-state index in [2.05, 4.69) is 15.0 Å². The molecule has 5 nitrogen and oxygen atoms in total. The van der Waals surface area contributed by atoms with E-state index >= 15 is 0 Å². The molecular formula is C14H16N2O3S. The number of aromatic nitrogens is 1. The Labute approximate surface area is 121 Å². The number of thiazole rings is 1. The van der Waals surface area contributed by atoms with Crippen LogP contribution in [0.4, 0.5) is 5.13 Å². The molecule has 0 amide bonds. The average molecular weight is 292 g/mol. The van der Waals surface area contributed by atoms with Gasteiger partial charge in [-0.25, -0.2) is 4.98 Å². The van der Waals surface area contributed by atoms with Gasteiger partial charge >= 0.3 is 5.97 Å². The molecule has 1 N–H and O–H groups in total. The van der Waals surface area contributed by atoms with Crippen LogP contribution in [0.5, 0.6) is 5.75 Å². The first-order valence-corrected chi connectivity index (χ1v) is 7.09. The molecule has 0 atom stereocenters. The number of carbonyl (C=O) groups excluding carboxylic acids is 1. The number of nitrogens with one attached hydrogen (secondary N) is 1. The van der Waals surface area contributed by atoms with Crippen LogP contribution in [0.2, 0.25) is 0 Å². The number of anilines is 1. The molecule has 20 heavy (non-hydrogen) atoms. The predicted molar refractivity (Wildman–Crippen MR) is 78.3 cm³/mol. The fourth-order valence-electron chi connectivity index (χ4n) is 1.53. The van der Waals surface area contributed by atoms with Gasteiger partial charge < -0.3 is 14.8 Å². The second kappa shape index (κ2) is 7.49. The van der Waals surface area contributed by atoms with E-state index in [0.29, 0.717) is 18.8 Å². The van der Waals surface area contributed by atoms with E-state index in [1.165, 1.54) is 18.4 Å². The van der Waals surface area contributed by atoms with Gasteiger partial charge in [-0.05, 0) is 12.1 Å². The van der Waals surface area contributed by atoms with Crippen LogP contribution in [0.3, 0.4) is 0 Å². The van der Waals surface area contributed by atoms with Crippen LogP contribution in [0.15, 0.2) is 35.7 Å². The van der Waals surface area contributed by atoms with Crippen molar-refractivity contribution < 1.29 is 14.3 Å². The Balaban J connectivity index is 1.70. The molecule has 2 aromatic rings. The SMILES string of the molecule is COC(=O)Cc1csc(NCCOc2ccccc2)n1. The topological polar surface area (TPSA) is 60.5 Å². The van der Waals surface area contributed by atoms with E-state index in [1.807, 2.05) is 35.7 Å². The lowest BCUT2D eigenvalue weighted by Gasteiger charge is -2.06. The maximum Gasteiger partial charge on any atom is 0.311 e. The van der Waals surface area contributed by atoms with Gasteiger partial charge in [-0.2, -0.15) is 0 Å². The van der Waals surface area contributed by atoms with Crippen LogP contribution in [0, 0.1) is 0 Å². The molecule has 0 bridgehead atoms. The summed E-state index contributed by atoms with van der Waals surface area (Å²) in [5.41, 5.74) is 0.716. The van der Waals surface area contributed by atoms with Crippen LogP contribution in [0.25, 0.3) is 0 Å². The Kier molecular flexibility index (Phi) is 5.37. The van der Waals surface area contributed by atoms with Gasteiger partial charge in [0, 0.05) is 5.38 Å².